The monoisotopic (exact) mass is 416 g/mol. The topological polar surface area (TPSA) is 145 Å². The number of ether oxygens (including phenoxy) is 1. The Morgan fingerprint density at radius 1 is 1.07 bits per heavy atom. The Morgan fingerprint density at radius 2 is 1.63 bits per heavy atom. The van der Waals surface area contributed by atoms with Crippen LogP contribution in [-0.4, -0.2) is 53.8 Å². The first kappa shape index (κ1) is 21.6. The van der Waals surface area contributed by atoms with Crippen LogP contribution in [0.5, 0.6) is 5.75 Å². The minimum atomic E-state index is -1.51. The number of benzene rings is 1. The van der Waals surface area contributed by atoms with Crippen molar-refractivity contribution in [3.05, 3.63) is 30.3 Å². The van der Waals surface area contributed by atoms with Crippen LogP contribution in [0.4, 0.5) is 0 Å². The van der Waals surface area contributed by atoms with Gasteiger partial charge in [0, 0.05) is 19.5 Å². The van der Waals surface area contributed by atoms with E-state index in [0.29, 0.717) is 18.8 Å². The summed E-state index contributed by atoms with van der Waals surface area (Å²) in [6.45, 7) is 2.86. The highest BCUT2D eigenvalue weighted by Crippen LogP contribution is 2.43. The Morgan fingerprint density at radius 3 is 2.17 bits per heavy atom. The molecule has 1 aromatic carbocycles. The van der Waals surface area contributed by atoms with Crippen molar-refractivity contribution in [2.75, 3.05) is 13.1 Å². The maximum absolute atomic E-state index is 12.9. The van der Waals surface area contributed by atoms with Crippen LogP contribution < -0.4 is 21.5 Å². The molecular weight excluding hydrogens is 388 g/mol. The minimum Gasteiger partial charge on any atom is -0.481 e. The number of nitrogens with one attached hydrogen (secondary N) is 1. The van der Waals surface area contributed by atoms with Crippen LogP contribution in [0.25, 0.3) is 0 Å². The van der Waals surface area contributed by atoms with Gasteiger partial charge >= 0.3 is 0 Å². The number of nitrogens with zero attached hydrogens (tertiary/aromatic N) is 1. The number of rotatable bonds is 8. The van der Waals surface area contributed by atoms with Crippen molar-refractivity contribution >= 4 is 23.6 Å². The molecule has 9 heteroatoms. The van der Waals surface area contributed by atoms with E-state index in [0.717, 1.165) is 12.8 Å². The molecule has 2 fully saturated rings. The average Bonchev–Trinajstić information content (AvgIpc) is 2.93. The van der Waals surface area contributed by atoms with Gasteiger partial charge in [-0.15, -0.1) is 0 Å². The van der Waals surface area contributed by atoms with E-state index in [2.05, 4.69) is 5.32 Å². The molecule has 1 aliphatic heterocycles. The number of carbonyl (C=O) groups excluding carboxylic acids is 4. The SMILES string of the molecule is CC(Oc1ccccc1)C(=O)N1CC2CCC(C1)C2CC(=O)NC(C(N)=O)C(N)=O. The summed E-state index contributed by atoms with van der Waals surface area (Å²) in [5, 5.41) is 2.32. The lowest BCUT2D eigenvalue weighted by atomic mass is 9.82. The van der Waals surface area contributed by atoms with Gasteiger partial charge in [0.25, 0.3) is 5.91 Å². The fourth-order valence-corrected chi connectivity index (χ4v) is 4.58. The van der Waals surface area contributed by atoms with Crippen LogP contribution in [0, 0.1) is 17.8 Å². The molecule has 2 aliphatic rings. The van der Waals surface area contributed by atoms with Crippen LogP contribution in [-0.2, 0) is 19.2 Å². The second-order valence-electron chi connectivity index (χ2n) is 8.09. The molecule has 0 radical (unpaired) electrons. The van der Waals surface area contributed by atoms with Gasteiger partial charge in [-0.25, -0.2) is 0 Å². The quantitative estimate of drug-likeness (QED) is 0.502. The third-order valence-corrected chi connectivity index (χ3v) is 6.04. The number of amides is 4. The summed E-state index contributed by atoms with van der Waals surface area (Å²) in [6.07, 6.45) is 1.42. The van der Waals surface area contributed by atoms with Crippen LogP contribution in [0.1, 0.15) is 26.2 Å². The van der Waals surface area contributed by atoms with E-state index in [1.54, 1.807) is 6.92 Å². The first-order chi connectivity index (χ1) is 14.3. The van der Waals surface area contributed by atoms with Crippen molar-refractivity contribution in [3.63, 3.8) is 0 Å². The number of para-hydroxylation sites is 1. The van der Waals surface area contributed by atoms with Gasteiger partial charge in [-0.05, 0) is 49.7 Å². The van der Waals surface area contributed by atoms with Gasteiger partial charge in [0.1, 0.15) is 5.75 Å². The Balaban J connectivity index is 1.56. The van der Waals surface area contributed by atoms with Crippen molar-refractivity contribution in [1.82, 2.24) is 10.2 Å². The van der Waals surface area contributed by atoms with Gasteiger partial charge in [-0.3, -0.25) is 19.2 Å². The number of hydrogen-bond donors (Lipinski definition) is 3. The number of nitrogens with two attached hydrogens (primary N) is 2. The van der Waals surface area contributed by atoms with E-state index >= 15 is 0 Å². The highest BCUT2D eigenvalue weighted by Gasteiger charge is 2.45. The lowest BCUT2D eigenvalue weighted by molar-refractivity contribution is -0.142. The molecule has 3 rings (SSSR count). The number of piperidine rings is 1. The molecule has 9 nitrogen and oxygen atoms in total. The highest BCUT2D eigenvalue weighted by molar-refractivity contribution is 6.05. The van der Waals surface area contributed by atoms with Crippen molar-refractivity contribution in [2.45, 2.75) is 38.3 Å². The van der Waals surface area contributed by atoms with Crippen molar-refractivity contribution < 1.29 is 23.9 Å². The van der Waals surface area contributed by atoms with Gasteiger partial charge in [-0.2, -0.15) is 0 Å². The zero-order valence-corrected chi connectivity index (χ0v) is 17.0. The predicted molar refractivity (Wildman–Crippen MR) is 108 cm³/mol. The van der Waals surface area contributed by atoms with Gasteiger partial charge in [0.05, 0.1) is 0 Å². The fraction of sp³-hybridized carbons (Fsp3) is 0.524. The van der Waals surface area contributed by atoms with Gasteiger partial charge in [0.2, 0.25) is 17.7 Å². The van der Waals surface area contributed by atoms with E-state index in [-0.39, 0.29) is 30.1 Å². The van der Waals surface area contributed by atoms with Crippen molar-refractivity contribution in [1.29, 1.82) is 0 Å². The predicted octanol–water partition coefficient (Wildman–Crippen LogP) is -0.216. The molecule has 2 bridgehead atoms. The number of primary amides is 2. The van der Waals surface area contributed by atoms with Crippen LogP contribution in [0.2, 0.25) is 0 Å². The zero-order valence-electron chi connectivity index (χ0n) is 17.0. The Kier molecular flexibility index (Phi) is 6.59. The Hall–Kier alpha value is -3.10. The van der Waals surface area contributed by atoms with E-state index < -0.39 is 29.9 Å². The second-order valence-corrected chi connectivity index (χ2v) is 8.09. The summed E-state index contributed by atoms with van der Waals surface area (Å²) in [7, 11) is 0. The molecule has 5 N–H and O–H groups in total. The smallest absolute Gasteiger partial charge is 0.263 e. The average molecular weight is 416 g/mol. The molecular formula is C21H28N4O5. The Labute approximate surface area is 175 Å². The maximum Gasteiger partial charge on any atom is 0.263 e. The highest BCUT2D eigenvalue weighted by atomic mass is 16.5. The van der Waals surface area contributed by atoms with Gasteiger partial charge in [0.15, 0.2) is 12.1 Å². The fourth-order valence-electron chi connectivity index (χ4n) is 4.58. The lowest BCUT2D eigenvalue weighted by Gasteiger charge is -2.38. The van der Waals surface area contributed by atoms with Crippen LogP contribution >= 0.6 is 0 Å². The summed E-state index contributed by atoms with van der Waals surface area (Å²) in [6, 6.07) is 7.70. The van der Waals surface area contributed by atoms with Gasteiger partial charge in [-0.1, -0.05) is 18.2 Å². The third-order valence-electron chi connectivity index (χ3n) is 6.04. The lowest BCUT2D eigenvalue weighted by Crippen LogP contribution is -2.54. The van der Waals surface area contributed by atoms with E-state index in [1.807, 2.05) is 35.2 Å². The molecule has 30 heavy (non-hydrogen) atoms. The van der Waals surface area contributed by atoms with Crippen molar-refractivity contribution in [3.8, 4) is 5.75 Å². The largest absolute Gasteiger partial charge is 0.481 e. The number of hydrogen-bond acceptors (Lipinski definition) is 5. The first-order valence-electron chi connectivity index (χ1n) is 10.1. The van der Waals surface area contributed by atoms with Crippen LogP contribution in [0.3, 0.4) is 0 Å². The zero-order chi connectivity index (χ0) is 21.8. The molecule has 1 saturated heterocycles. The molecule has 0 aromatic heterocycles. The van der Waals surface area contributed by atoms with E-state index in [1.165, 1.54) is 0 Å². The summed E-state index contributed by atoms with van der Waals surface area (Å²) >= 11 is 0. The summed E-state index contributed by atoms with van der Waals surface area (Å²) < 4.78 is 5.76. The molecule has 1 saturated carbocycles. The molecule has 1 heterocycles. The van der Waals surface area contributed by atoms with Crippen molar-refractivity contribution in [2.24, 2.45) is 29.2 Å². The second kappa shape index (κ2) is 9.15. The van der Waals surface area contributed by atoms with Gasteiger partial charge < -0.3 is 26.4 Å². The van der Waals surface area contributed by atoms with E-state index in [4.69, 9.17) is 16.2 Å². The molecule has 3 unspecified atom stereocenters. The molecule has 162 valence electrons. The molecule has 4 amide bonds. The summed E-state index contributed by atoms with van der Waals surface area (Å²) in [4.78, 5) is 49.6. The standard InChI is InChI=1S/C21H28N4O5/c1-12(30-15-5-3-2-4-6-15)21(29)25-10-13-7-8-14(11-25)16(13)9-17(26)24-18(19(22)27)20(23)28/h2-6,12-14,16,18H,7-11H2,1H3,(H2,22,27)(H2,23,28)(H,24,26). The molecule has 3 atom stereocenters. The van der Waals surface area contributed by atoms with Crippen LogP contribution in [0.15, 0.2) is 30.3 Å². The van der Waals surface area contributed by atoms with E-state index in [9.17, 15) is 19.2 Å². The molecule has 0 spiro atoms. The number of carbonyl (C=O) groups is 4. The Bertz CT molecular complexity index is 787. The first-order valence-corrected chi connectivity index (χ1v) is 10.1. The molecule has 1 aliphatic carbocycles. The summed E-state index contributed by atoms with van der Waals surface area (Å²) in [5.74, 6) is -1.36. The summed E-state index contributed by atoms with van der Waals surface area (Å²) in [5.41, 5.74) is 10.2. The number of fused-ring (bicyclic) bond motifs is 2. The molecule has 1 aromatic rings. The minimum absolute atomic E-state index is 0.0684. The normalized spacial score (nSPS) is 23.7. The maximum atomic E-state index is 12.9. The number of likely N-dealkylation sites (tertiary alicyclic amines) is 1. The third kappa shape index (κ3) is 4.90.